The van der Waals surface area contributed by atoms with Gasteiger partial charge in [-0.25, -0.2) is 4.99 Å². The number of hydrogen-bond acceptors (Lipinski definition) is 4. The summed E-state index contributed by atoms with van der Waals surface area (Å²) in [6, 6.07) is 7.63. The van der Waals surface area contributed by atoms with Gasteiger partial charge in [-0.15, -0.1) is 24.0 Å². The second kappa shape index (κ2) is 16.2. The van der Waals surface area contributed by atoms with E-state index in [0.717, 1.165) is 37.5 Å². The third kappa shape index (κ3) is 12.2. The number of aliphatic hydroxyl groups is 1. The molecule has 0 bridgehead atoms. The van der Waals surface area contributed by atoms with E-state index in [4.69, 9.17) is 4.74 Å². The van der Waals surface area contributed by atoms with E-state index in [1.54, 1.807) is 14.1 Å². The molecular weight excluding hydrogens is 495 g/mol. The molecule has 1 aromatic rings. The molecule has 0 spiro atoms. The maximum absolute atomic E-state index is 11.7. The monoisotopic (exact) mass is 534 g/mol. The highest BCUT2D eigenvalue weighted by atomic mass is 127. The van der Waals surface area contributed by atoms with Crippen LogP contribution < -0.4 is 15.4 Å². The second-order valence-corrected chi connectivity index (χ2v) is 7.81. The average Bonchev–Trinajstić information content (AvgIpc) is 2.68. The van der Waals surface area contributed by atoms with Crippen molar-refractivity contribution in [3.05, 3.63) is 29.8 Å². The van der Waals surface area contributed by atoms with E-state index in [9.17, 15) is 9.90 Å². The highest BCUT2D eigenvalue weighted by molar-refractivity contribution is 14.0. The highest BCUT2D eigenvalue weighted by Gasteiger charge is 2.11. The molecule has 0 saturated carbocycles. The Kier molecular flexibility index (Phi) is 15.3. The number of halogens is 1. The Bertz CT molecular complexity index is 639. The van der Waals surface area contributed by atoms with Gasteiger partial charge in [-0.2, -0.15) is 0 Å². The first-order chi connectivity index (χ1) is 13.8. The molecule has 0 radical (unpaired) electrons. The lowest BCUT2D eigenvalue weighted by Gasteiger charge is -2.20. The molecule has 30 heavy (non-hydrogen) atoms. The van der Waals surface area contributed by atoms with E-state index >= 15 is 0 Å². The lowest BCUT2D eigenvalue weighted by molar-refractivity contribution is -0.130. The molecule has 0 aliphatic heterocycles. The summed E-state index contributed by atoms with van der Waals surface area (Å²) in [6.07, 6.45) is 1.85. The van der Waals surface area contributed by atoms with Gasteiger partial charge in [-0.05, 0) is 49.3 Å². The Hall–Kier alpha value is -1.55. The van der Waals surface area contributed by atoms with E-state index in [1.807, 2.05) is 31.2 Å². The smallest absolute Gasteiger partial charge is 0.259 e. The van der Waals surface area contributed by atoms with E-state index in [1.165, 1.54) is 4.90 Å². The van der Waals surface area contributed by atoms with Crippen LogP contribution in [-0.2, 0) is 11.3 Å². The number of hydrogen-bond donors (Lipinski definition) is 3. The van der Waals surface area contributed by atoms with Crippen LogP contribution in [0.25, 0.3) is 0 Å². The van der Waals surface area contributed by atoms with Gasteiger partial charge in [0.05, 0.1) is 6.54 Å². The van der Waals surface area contributed by atoms with E-state index in [-0.39, 0.29) is 43.1 Å². The Morgan fingerprint density at radius 3 is 2.60 bits per heavy atom. The molecule has 0 heterocycles. The van der Waals surface area contributed by atoms with Crippen LogP contribution in [0, 0.1) is 11.8 Å². The summed E-state index contributed by atoms with van der Waals surface area (Å²) >= 11 is 0. The number of benzene rings is 1. The van der Waals surface area contributed by atoms with Crippen molar-refractivity contribution in [3.63, 3.8) is 0 Å². The molecule has 0 aromatic heterocycles. The van der Waals surface area contributed by atoms with Gasteiger partial charge in [0.1, 0.15) is 5.75 Å². The third-order valence-electron chi connectivity index (χ3n) is 4.42. The maximum atomic E-state index is 11.7. The van der Waals surface area contributed by atoms with Gasteiger partial charge in [0.25, 0.3) is 5.91 Å². The molecule has 0 aliphatic carbocycles. The summed E-state index contributed by atoms with van der Waals surface area (Å²) in [7, 11) is 3.41. The number of rotatable bonds is 12. The minimum Gasteiger partial charge on any atom is -0.484 e. The number of carbonyl (C=O) groups excluding carboxylic acids is 1. The number of guanidine groups is 1. The Morgan fingerprint density at radius 1 is 1.27 bits per heavy atom. The average molecular weight is 534 g/mol. The molecule has 172 valence electrons. The molecule has 0 saturated heterocycles. The van der Waals surface area contributed by atoms with Crippen LogP contribution in [0.2, 0.25) is 0 Å². The van der Waals surface area contributed by atoms with Gasteiger partial charge in [0.15, 0.2) is 12.6 Å². The van der Waals surface area contributed by atoms with Crippen molar-refractivity contribution in [2.75, 3.05) is 40.4 Å². The SMILES string of the molecule is CCNC(=NCc1cccc(OCC(=O)N(C)C)c1)NCC(CCO)CC(C)C.I. The minimum absolute atomic E-state index is 0. The van der Waals surface area contributed by atoms with Crippen LogP contribution in [0.5, 0.6) is 5.75 Å². The van der Waals surface area contributed by atoms with Crippen LogP contribution in [0.1, 0.15) is 39.2 Å². The van der Waals surface area contributed by atoms with E-state index < -0.39 is 0 Å². The fourth-order valence-electron chi connectivity index (χ4n) is 2.91. The van der Waals surface area contributed by atoms with Crippen molar-refractivity contribution < 1.29 is 14.6 Å². The van der Waals surface area contributed by atoms with Gasteiger partial charge < -0.3 is 25.4 Å². The molecule has 1 atom stereocenters. The van der Waals surface area contributed by atoms with Gasteiger partial charge in [0.2, 0.25) is 0 Å². The zero-order valence-electron chi connectivity index (χ0n) is 19.0. The highest BCUT2D eigenvalue weighted by Crippen LogP contribution is 2.15. The zero-order chi connectivity index (χ0) is 21.6. The molecule has 1 rings (SSSR count). The number of nitrogens with zero attached hydrogens (tertiary/aromatic N) is 2. The number of likely N-dealkylation sites (N-methyl/N-ethyl adjacent to an activating group) is 1. The van der Waals surface area contributed by atoms with Crippen LogP contribution >= 0.6 is 24.0 Å². The van der Waals surface area contributed by atoms with Gasteiger partial charge in [-0.3, -0.25) is 4.79 Å². The summed E-state index contributed by atoms with van der Waals surface area (Å²) in [6.45, 7) is 8.71. The Morgan fingerprint density at radius 2 is 2.00 bits per heavy atom. The Balaban J connectivity index is 0.00000841. The molecule has 1 unspecified atom stereocenters. The molecule has 3 N–H and O–H groups in total. The lowest BCUT2D eigenvalue weighted by Crippen LogP contribution is -2.40. The van der Waals surface area contributed by atoms with Gasteiger partial charge >= 0.3 is 0 Å². The third-order valence-corrected chi connectivity index (χ3v) is 4.42. The van der Waals surface area contributed by atoms with Gasteiger partial charge in [-0.1, -0.05) is 26.0 Å². The van der Waals surface area contributed by atoms with Crippen LogP contribution in [0.15, 0.2) is 29.3 Å². The number of carbonyl (C=O) groups is 1. The first-order valence-corrected chi connectivity index (χ1v) is 10.4. The second-order valence-electron chi connectivity index (χ2n) is 7.81. The van der Waals surface area contributed by atoms with E-state index in [0.29, 0.717) is 24.1 Å². The first-order valence-electron chi connectivity index (χ1n) is 10.4. The molecular formula is C22H39IN4O3. The summed E-state index contributed by atoms with van der Waals surface area (Å²) in [5.74, 6) is 2.34. The fourth-order valence-corrected chi connectivity index (χ4v) is 2.91. The quantitative estimate of drug-likeness (QED) is 0.218. The predicted molar refractivity (Wildman–Crippen MR) is 134 cm³/mol. The standard InChI is InChI=1S/C22H38N4O3.HI/c1-6-23-22(25-15-19(10-11-27)12-17(2)3)24-14-18-8-7-9-20(13-18)29-16-21(28)26(4)5;/h7-9,13,17,19,27H,6,10-12,14-16H2,1-5H3,(H2,23,24,25);1H. The van der Waals surface area contributed by atoms with Crippen molar-refractivity contribution in [2.45, 2.75) is 40.2 Å². The number of amides is 1. The summed E-state index contributed by atoms with van der Waals surface area (Å²) in [5.41, 5.74) is 1.01. The van der Waals surface area contributed by atoms with Crippen LogP contribution in [0.4, 0.5) is 0 Å². The van der Waals surface area contributed by atoms with Gasteiger partial charge in [0, 0.05) is 33.8 Å². The fraction of sp³-hybridized carbons (Fsp3) is 0.636. The number of nitrogens with one attached hydrogen (secondary N) is 2. The van der Waals surface area contributed by atoms with Crippen molar-refractivity contribution in [1.82, 2.24) is 15.5 Å². The normalized spacial score (nSPS) is 12.2. The molecule has 0 aliphatic rings. The molecule has 1 aromatic carbocycles. The zero-order valence-corrected chi connectivity index (χ0v) is 21.3. The number of aliphatic imine (C=N–C) groups is 1. The van der Waals surface area contributed by atoms with Crippen molar-refractivity contribution >= 4 is 35.8 Å². The molecule has 7 nitrogen and oxygen atoms in total. The maximum Gasteiger partial charge on any atom is 0.259 e. The van der Waals surface area contributed by atoms with Crippen molar-refractivity contribution in [2.24, 2.45) is 16.8 Å². The Labute approximate surface area is 198 Å². The largest absolute Gasteiger partial charge is 0.484 e. The van der Waals surface area contributed by atoms with Crippen LogP contribution in [0.3, 0.4) is 0 Å². The summed E-state index contributed by atoms with van der Waals surface area (Å²) in [4.78, 5) is 17.8. The summed E-state index contributed by atoms with van der Waals surface area (Å²) < 4.78 is 5.57. The van der Waals surface area contributed by atoms with Crippen molar-refractivity contribution in [1.29, 1.82) is 0 Å². The van der Waals surface area contributed by atoms with Crippen LogP contribution in [-0.4, -0.2) is 62.3 Å². The molecule has 1 amide bonds. The number of ether oxygens (including phenoxy) is 1. The van der Waals surface area contributed by atoms with E-state index in [2.05, 4.69) is 29.5 Å². The molecule has 0 fully saturated rings. The number of aliphatic hydroxyl groups excluding tert-OH is 1. The summed E-state index contributed by atoms with van der Waals surface area (Å²) in [5, 5.41) is 16.0. The topological polar surface area (TPSA) is 86.2 Å². The predicted octanol–water partition coefficient (Wildman–Crippen LogP) is 2.87. The van der Waals surface area contributed by atoms with Crippen molar-refractivity contribution in [3.8, 4) is 5.75 Å². The first kappa shape index (κ1) is 28.5. The minimum atomic E-state index is -0.0779. The molecule has 8 heteroatoms. The lowest BCUT2D eigenvalue weighted by atomic mass is 9.94.